The SMILES string of the molecule is [O-][n+]1c(-c2ccc(O)c(O)c2)[nH]c2ncncc21. The maximum absolute atomic E-state index is 12.0. The number of phenols is 2. The maximum atomic E-state index is 12.0. The molecular weight excluding hydrogens is 236 g/mol. The molecule has 0 radical (unpaired) electrons. The van der Waals surface area contributed by atoms with E-state index in [-0.39, 0.29) is 17.3 Å². The number of benzene rings is 1. The lowest BCUT2D eigenvalue weighted by Crippen LogP contribution is -2.27. The van der Waals surface area contributed by atoms with Crippen LogP contribution in [0.25, 0.3) is 22.6 Å². The zero-order chi connectivity index (χ0) is 12.7. The van der Waals surface area contributed by atoms with Crippen LogP contribution >= 0.6 is 0 Å². The Kier molecular flexibility index (Phi) is 2.06. The lowest BCUT2D eigenvalue weighted by atomic mass is 10.2. The van der Waals surface area contributed by atoms with E-state index in [1.807, 2.05) is 0 Å². The molecule has 0 unspecified atom stereocenters. The van der Waals surface area contributed by atoms with Crippen LogP contribution in [0.2, 0.25) is 0 Å². The van der Waals surface area contributed by atoms with Gasteiger partial charge in [-0.3, -0.25) is 0 Å². The van der Waals surface area contributed by atoms with E-state index in [1.165, 1.54) is 30.7 Å². The fraction of sp³-hybridized carbons (Fsp3) is 0. The molecule has 0 bridgehead atoms. The van der Waals surface area contributed by atoms with Gasteiger partial charge in [-0.25, -0.2) is 14.7 Å². The number of H-pyrrole nitrogens is 1. The van der Waals surface area contributed by atoms with Crippen LogP contribution in [0, 0.1) is 5.21 Å². The number of nitrogens with one attached hydrogen (secondary N) is 1. The minimum atomic E-state index is -0.294. The van der Waals surface area contributed by atoms with Gasteiger partial charge in [-0.1, -0.05) is 0 Å². The molecule has 0 saturated heterocycles. The van der Waals surface area contributed by atoms with Crippen LogP contribution in [0.1, 0.15) is 0 Å². The molecule has 7 heteroatoms. The number of phenolic OH excluding ortho intramolecular Hbond substituents is 2. The van der Waals surface area contributed by atoms with Crippen LogP contribution in [-0.4, -0.2) is 25.2 Å². The molecule has 0 aliphatic rings. The average molecular weight is 244 g/mol. The fourth-order valence-electron chi connectivity index (χ4n) is 1.71. The number of aromatic amines is 1. The first kappa shape index (κ1) is 10.3. The number of rotatable bonds is 1. The molecule has 0 spiro atoms. The molecule has 18 heavy (non-hydrogen) atoms. The van der Waals surface area contributed by atoms with Gasteiger partial charge in [0.05, 0.1) is 11.8 Å². The van der Waals surface area contributed by atoms with E-state index >= 15 is 0 Å². The van der Waals surface area contributed by atoms with Gasteiger partial charge in [0.15, 0.2) is 11.5 Å². The summed E-state index contributed by atoms with van der Waals surface area (Å²) in [5.74, 6) is -0.315. The van der Waals surface area contributed by atoms with Gasteiger partial charge in [-0.2, -0.15) is 4.98 Å². The Labute approximate surface area is 101 Å². The minimum Gasteiger partial charge on any atom is -0.710 e. The Morgan fingerprint density at radius 2 is 2.06 bits per heavy atom. The molecule has 0 aliphatic carbocycles. The average Bonchev–Trinajstić information content (AvgIpc) is 2.71. The summed E-state index contributed by atoms with van der Waals surface area (Å²) in [6, 6.07) is 4.12. The first-order chi connectivity index (χ1) is 8.66. The molecule has 2 heterocycles. The normalized spacial score (nSPS) is 10.9. The molecule has 1 aromatic carbocycles. The van der Waals surface area contributed by atoms with Crippen molar-refractivity contribution in [1.82, 2.24) is 15.0 Å². The van der Waals surface area contributed by atoms with Gasteiger partial charge in [0, 0.05) is 0 Å². The second-order valence-corrected chi connectivity index (χ2v) is 3.73. The molecule has 3 aromatic rings. The topological polar surface area (TPSA) is 109 Å². The van der Waals surface area contributed by atoms with Crippen LogP contribution in [0.4, 0.5) is 0 Å². The Morgan fingerprint density at radius 3 is 2.78 bits per heavy atom. The molecule has 3 rings (SSSR count). The molecule has 90 valence electrons. The highest BCUT2D eigenvalue weighted by Gasteiger charge is 2.17. The lowest BCUT2D eigenvalue weighted by molar-refractivity contribution is -0.564. The number of fused-ring (bicyclic) bond motifs is 1. The summed E-state index contributed by atoms with van der Waals surface area (Å²) >= 11 is 0. The first-order valence-electron chi connectivity index (χ1n) is 5.10. The minimum absolute atomic E-state index is 0.223. The molecule has 7 nitrogen and oxygen atoms in total. The summed E-state index contributed by atoms with van der Waals surface area (Å²) in [7, 11) is 0. The van der Waals surface area contributed by atoms with Crippen molar-refractivity contribution in [2.75, 3.05) is 0 Å². The van der Waals surface area contributed by atoms with Crippen molar-refractivity contribution < 1.29 is 14.9 Å². The number of aromatic hydroxyl groups is 2. The van der Waals surface area contributed by atoms with Crippen LogP contribution in [0.5, 0.6) is 11.5 Å². The summed E-state index contributed by atoms with van der Waals surface area (Å²) < 4.78 is 0.640. The van der Waals surface area contributed by atoms with Crippen molar-refractivity contribution in [3.63, 3.8) is 0 Å². The lowest BCUT2D eigenvalue weighted by Gasteiger charge is -2.03. The predicted octanol–water partition coefficient (Wildman–Crippen LogP) is 0.669. The number of aromatic nitrogens is 4. The molecule has 0 atom stereocenters. The van der Waals surface area contributed by atoms with Crippen molar-refractivity contribution in [3.05, 3.63) is 35.9 Å². The van der Waals surface area contributed by atoms with Gasteiger partial charge in [-0.15, -0.1) is 0 Å². The summed E-state index contributed by atoms with van der Waals surface area (Å²) in [6.07, 6.45) is 2.73. The van der Waals surface area contributed by atoms with E-state index in [9.17, 15) is 15.4 Å². The number of nitrogens with zero attached hydrogens (tertiary/aromatic N) is 3. The van der Waals surface area contributed by atoms with Crippen LogP contribution in [-0.2, 0) is 0 Å². The number of hydrogen-bond acceptors (Lipinski definition) is 5. The summed E-state index contributed by atoms with van der Waals surface area (Å²) in [4.78, 5) is 10.5. The second-order valence-electron chi connectivity index (χ2n) is 3.73. The summed E-state index contributed by atoms with van der Waals surface area (Å²) in [6.45, 7) is 0. The van der Waals surface area contributed by atoms with E-state index in [0.717, 1.165) is 0 Å². The van der Waals surface area contributed by atoms with Gasteiger partial charge < -0.3 is 15.4 Å². The maximum Gasteiger partial charge on any atom is 0.292 e. The van der Waals surface area contributed by atoms with Crippen molar-refractivity contribution in [1.29, 1.82) is 0 Å². The highest BCUT2D eigenvalue weighted by molar-refractivity contribution is 5.70. The highest BCUT2D eigenvalue weighted by Crippen LogP contribution is 2.29. The van der Waals surface area contributed by atoms with E-state index in [1.54, 1.807) is 0 Å². The summed E-state index contributed by atoms with van der Waals surface area (Å²) in [5, 5.41) is 30.6. The van der Waals surface area contributed by atoms with Crippen LogP contribution in [0.3, 0.4) is 0 Å². The monoisotopic (exact) mass is 244 g/mol. The molecule has 0 fully saturated rings. The van der Waals surface area contributed by atoms with Gasteiger partial charge >= 0.3 is 0 Å². The standard InChI is InChI=1S/C11H8N4O3/c16-8-2-1-6(3-9(8)17)11-14-10-7(15(11)18)4-12-5-13-10/h1-5,16-17H,(H,12,13,14). The van der Waals surface area contributed by atoms with Crippen molar-refractivity contribution in [3.8, 4) is 22.9 Å². The first-order valence-corrected chi connectivity index (χ1v) is 5.10. The fourth-order valence-corrected chi connectivity index (χ4v) is 1.71. The van der Waals surface area contributed by atoms with Crippen molar-refractivity contribution >= 4 is 11.2 Å². The smallest absolute Gasteiger partial charge is 0.292 e. The van der Waals surface area contributed by atoms with Gasteiger partial charge in [-0.05, 0) is 18.2 Å². The van der Waals surface area contributed by atoms with Gasteiger partial charge in [0.1, 0.15) is 6.33 Å². The zero-order valence-electron chi connectivity index (χ0n) is 9.03. The Balaban J connectivity index is 2.25. The molecule has 3 N–H and O–H groups in total. The van der Waals surface area contributed by atoms with Crippen molar-refractivity contribution in [2.24, 2.45) is 0 Å². The number of imidazole rings is 1. The van der Waals surface area contributed by atoms with Gasteiger partial charge in [0.25, 0.3) is 11.5 Å². The Morgan fingerprint density at radius 1 is 1.22 bits per heavy atom. The van der Waals surface area contributed by atoms with E-state index in [2.05, 4.69) is 15.0 Å². The van der Waals surface area contributed by atoms with Crippen LogP contribution in [0.15, 0.2) is 30.7 Å². The van der Waals surface area contributed by atoms with Crippen molar-refractivity contribution in [2.45, 2.75) is 0 Å². The van der Waals surface area contributed by atoms with Crippen LogP contribution < -0.4 is 4.73 Å². The summed E-state index contributed by atoms with van der Waals surface area (Å²) in [5.41, 5.74) is 1.15. The van der Waals surface area contributed by atoms with E-state index in [4.69, 9.17) is 0 Å². The molecule has 0 amide bonds. The predicted molar refractivity (Wildman–Crippen MR) is 61.6 cm³/mol. The molecule has 0 aliphatic heterocycles. The molecular formula is C11H8N4O3. The number of hydrogen-bond donors (Lipinski definition) is 3. The van der Waals surface area contributed by atoms with Gasteiger partial charge in [0.2, 0.25) is 5.52 Å². The van der Waals surface area contributed by atoms with E-state index in [0.29, 0.717) is 21.5 Å². The Bertz CT molecular complexity index is 738. The Hall–Kier alpha value is -2.83. The third-order valence-corrected chi connectivity index (χ3v) is 2.60. The molecule has 0 saturated carbocycles. The highest BCUT2D eigenvalue weighted by atomic mass is 16.5. The molecule has 2 aromatic heterocycles. The third-order valence-electron chi connectivity index (χ3n) is 2.60. The zero-order valence-corrected chi connectivity index (χ0v) is 9.03. The quantitative estimate of drug-likeness (QED) is 0.331. The second kappa shape index (κ2) is 3.59. The largest absolute Gasteiger partial charge is 0.710 e. The third kappa shape index (κ3) is 1.41. The van der Waals surface area contributed by atoms with E-state index < -0.39 is 0 Å².